The van der Waals surface area contributed by atoms with E-state index < -0.39 is 0 Å². The van der Waals surface area contributed by atoms with Gasteiger partial charge in [0.2, 0.25) is 0 Å². The highest BCUT2D eigenvalue weighted by Gasteiger charge is 2.26. The Labute approximate surface area is 110 Å². The zero-order valence-corrected chi connectivity index (χ0v) is 11.1. The Morgan fingerprint density at radius 2 is 1.56 bits per heavy atom. The average Bonchev–Trinajstić information content (AvgIpc) is 2.49. The molecule has 0 N–H and O–H groups in total. The Hall–Kier alpha value is -0.960. The van der Waals surface area contributed by atoms with Gasteiger partial charge < -0.3 is 4.90 Å². The molecule has 1 aliphatic heterocycles. The van der Waals surface area contributed by atoms with Crippen LogP contribution in [-0.2, 0) is 0 Å². The topological polar surface area (TPSA) is 29.0 Å². The van der Waals surface area contributed by atoms with Gasteiger partial charge in [0.05, 0.1) is 0 Å². The normalized spacial score (nSPS) is 24.2. The summed E-state index contributed by atoms with van der Waals surface area (Å²) in [6, 6.07) is 0.881. The van der Waals surface area contributed by atoms with Crippen molar-refractivity contribution in [2.75, 3.05) is 13.1 Å². The molecule has 2 heterocycles. The van der Waals surface area contributed by atoms with Crippen molar-refractivity contribution in [3.63, 3.8) is 0 Å². The van der Waals surface area contributed by atoms with E-state index in [1.165, 1.54) is 63.6 Å². The number of likely N-dealkylation sites (tertiary alicyclic amines) is 1. The molecule has 1 aromatic rings. The van der Waals surface area contributed by atoms with E-state index >= 15 is 0 Å². The third kappa shape index (κ3) is 2.72. The molecule has 18 heavy (non-hydrogen) atoms. The summed E-state index contributed by atoms with van der Waals surface area (Å²) in [5, 5.41) is 0. The van der Waals surface area contributed by atoms with E-state index in [4.69, 9.17) is 0 Å². The monoisotopic (exact) mass is 245 g/mol. The predicted molar refractivity (Wildman–Crippen MR) is 72.5 cm³/mol. The molecule has 2 fully saturated rings. The molecule has 1 aromatic heterocycles. The molecule has 98 valence electrons. The van der Waals surface area contributed by atoms with Crippen molar-refractivity contribution in [1.82, 2.24) is 14.9 Å². The number of nitrogens with zero attached hydrogens (tertiary/aromatic N) is 3. The van der Waals surface area contributed by atoms with Gasteiger partial charge in [0.1, 0.15) is 6.33 Å². The van der Waals surface area contributed by atoms with Crippen LogP contribution in [0.25, 0.3) is 0 Å². The van der Waals surface area contributed by atoms with Crippen LogP contribution in [0.1, 0.15) is 56.4 Å². The van der Waals surface area contributed by atoms with Crippen LogP contribution in [0.4, 0.5) is 0 Å². The van der Waals surface area contributed by atoms with Crippen LogP contribution in [0.3, 0.4) is 0 Å². The van der Waals surface area contributed by atoms with Crippen molar-refractivity contribution >= 4 is 0 Å². The molecule has 3 rings (SSSR count). The number of aromatic nitrogens is 2. The summed E-state index contributed by atoms with van der Waals surface area (Å²) in [7, 11) is 0. The van der Waals surface area contributed by atoms with Gasteiger partial charge in [0.25, 0.3) is 0 Å². The maximum Gasteiger partial charge on any atom is 0.115 e. The Morgan fingerprint density at radius 1 is 0.889 bits per heavy atom. The summed E-state index contributed by atoms with van der Waals surface area (Å²) in [5.41, 5.74) is 1.33. The molecule has 1 aliphatic carbocycles. The fourth-order valence-corrected chi connectivity index (χ4v) is 3.57. The van der Waals surface area contributed by atoms with E-state index in [9.17, 15) is 0 Å². The lowest BCUT2D eigenvalue weighted by Gasteiger charge is -2.39. The standard InChI is InChI=1S/C15H23N3/c1-2-4-15(5-3-1)18-8-6-13(7-9-18)14-10-16-12-17-11-14/h10-13,15H,1-9H2. The summed E-state index contributed by atoms with van der Waals surface area (Å²) < 4.78 is 0. The van der Waals surface area contributed by atoms with Gasteiger partial charge in [0.15, 0.2) is 0 Å². The third-order valence-electron chi connectivity index (χ3n) is 4.67. The van der Waals surface area contributed by atoms with Crippen LogP contribution in [0, 0.1) is 0 Å². The summed E-state index contributed by atoms with van der Waals surface area (Å²) in [6.45, 7) is 2.54. The van der Waals surface area contributed by atoms with Crippen LogP contribution in [0.5, 0.6) is 0 Å². The van der Waals surface area contributed by atoms with Gasteiger partial charge in [-0.1, -0.05) is 19.3 Å². The molecule has 2 aliphatic rings. The maximum absolute atomic E-state index is 4.14. The van der Waals surface area contributed by atoms with Crippen molar-refractivity contribution in [3.05, 3.63) is 24.3 Å². The first kappa shape index (κ1) is 12.1. The van der Waals surface area contributed by atoms with Gasteiger partial charge in [-0.05, 0) is 50.3 Å². The molecule has 0 aromatic carbocycles. The number of hydrogen-bond donors (Lipinski definition) is 0. The van der Waals surface area contributed by atoms with Gasteiger partial charge in [-0.25, -0.2) is 9.97 Å². The minimum absolute atomic E-state index is 0.686. The average molecular weight is 245 g/mol. The Morgan fingerprint density at radius 3 is 2.22 bits per heavy atom. The minimum atomic E-state index is 0.686. The lowest BCUT2D eigenvalue weighted by Crippen LogP contribution is -2.41. The Kier molecular flexibility index (Phi) is 3.89. The predicted octanol–water partition coefficient (Wildman–Crippen LogP) is 2.99. The van der Waals surface area contributed by atoms with Crippen molar-refractivity contribution < 1.29 is 0 Å². The van der Waals surface area contributed by atoms with E-state index in [0.29, 0.717) is 5.92 Å². The molecule has 0 radical (unpaired) electrons. The van der Waals surface area contributed by atoms with Crippen LogP contribution in [-0.4, -0.2) is 34.0 Å². The molecule has 3 nitrogen and oxygen atoms in total. The number of piperidine rings is 1. The minimum Gasteiger partial charge on any atom is -0.300 e. The third-order valence-corrected chi connectivity index (χ3v) is 4.67. The van der Waals surface area contributed by atoms with Crippen LogP contribution < -0.4 is 0 Å². The summed E-state index contributed by atoms with van der Waals surface area (Å²) in [5.74, 6) is 0.686. The first-order valence-corrected chi connectivity index (χ1v) is 7.42. The maximum atomic E-state index is 4.14. The molecule has 3 heteroatoms. The van der Waals surface area contributed by atoms with Crippen molar-refractivity contribution in [1.29, 1.82) is 0 Å². The molecular formula is C15H23N3. The van der Waals surface area contributed by atoms with Gasteiger partial charge in [0, 0.05) is 18.4 Å². The highest BCUT2D eigenvalue weighted by molar-refractivity contribution is 5.11. The first-order chi connectivity index (χ1) is 8.93. The molecule has 1 saturated heterocycles. The smallest absolute Gasteiger partial charge is 0.115 e. The van der Waals surface area contributed by atoms with Crippen molar-refractivity contribution in [2.24, 2.45) is 0 Å². The van der Waals surface area contributed by atoms with Gasteiger partial charge in [-0.15, -0.1) is 0 Å². The molecule has 0 amide bonds. The molecule has 0 bridgehead atoms. The Bertz CT molecular complexity index is 351. The summed E-state index contributed by atoms with van der Waals surface area (Å²) >= 11 is 0. The highest BCUT2D eigenvalue weighted by Crippen LogP contribution is 2.31. The molecule has 0 atom stereocenters. The molecule has 0 spiro atoms. The van der Waals surface area contributed by atoms with Crippen molar-refractivity contribution in [3.8, 4) is 0 Å². The molecule has 0 unspecified atom stereocenters. The zero-order chi connectivity index (χ0) is 12.2. The summed E-state index contributed by atoms with van der Waals surface area (Å²) in [6.07, 6.45) is 15.4. The van der Waals surface area contributed by atoms with Crippen molar-refractivity contribution in [2.45, 2.75) is 56.9 Å². The lowest BCUT2D eigenvalue weighted by atomic mass is 9.88. The van der Waals surface area contributed by atoms with Gasteiger partial charge >= 0.3 is 0 Å². The first-order valence-electron chi connectivity index (χ1n) is 7.42. The fraction of sp³-hybridized carbons (Fsp3) is 0.733. The fourth-order valence-electron chi connectivity index (χ4n) is 3.57. The number of hydrogen-bond acceptors (Lipinski definition) is 3. The van der Waals surface area contributed by atoms with Crippen LogP contribution >= 0.6 is 0 Å². The highest BCUT2D eigenvalue weighted by atomic mass is 15.2. The number of rotatable bonds is 2. The van der Waals surface area contributed by atoms with E-state index in [1.807, 2.05) is 12.4 Å². The second kappa shape index (κ2) is 5.79. The SMILES string of the molecule is c1ncc(C2CCN(C3CCCCC3)CC2)cn1. The van der Waals surface area contributed by atoms with E-state index in [0.717, 1.165) is 6.04 Å². The van der Waals surface area contributed by atoms with Gasteiger partial charge in [-0.3, -0.25) is 0 Å². The van der Waals surface area contributed by atoms with Crippen LogP contribution in [0.2, 0.25) is 0 Å². The van der Waals surface area contributed by atoms with E-state index in [2.05, 4.69) is 14.9 Å². The lowest BCUT2D eigenvalue weighted by molar-refractivity contribution is 0.122. The zero-order valence-electron chi connectivity index (χ0n) is 11.1. The second-order valence-corrected chi connectivity index (χ2v) is 5.77. The van der Waals surface area contributed by atoms with E-state index in [-0.39, 0.29) is 0 Å². The summed E-state index contributed by atoms with van der Waals surface area (Å²) in [4.78, 5) is 11.0. The quantitative estimate of drug-likeness (QED) is 0.802. The second-order valence-electron chi connectivity index (χ2n) is 5.77. The Balaban J connectivity index is 1.54. The van der Waals surface area contributed by atoms with E-state index in [1.54, 1.807) is 6.33 Å². The van der Waals surface area contributed by atoms with Gasteiger partial charge in [-0.2, -0.15) is 0 Å². The largest absolute Gasteiger partial charge is 0.300 e. The molecule has 1 saturated carbocycles. The van der Waals surface area contributed by atoms with Crippen LogP contribution in [0.15, 0.2) is 18.7 Å². The molecular weight excluding hydrogens is 222 g/mol.